The number of halogens is 1. The molecular weight excluding hydrogens is 274 g/mol. The number of carbonyl (C=O) groups is 1. The molecule has 0 unspecified atom stereocenters. The lowest BCUT2D eigenvalue weighted by Gasteiger charge is -2.11. The molecule has 1 N–H and O–H groups in total. The Morgan fingerprint density at radius 2 is 2.10 bits per heavy atom. The Kier molecular flexibility index (Phi) is 3.79. The molecule has 0 spiro atoms. The maximum absolute atomic E-state index is 12.3. The maximum Gasteiger partial charge on any atom is 0.251 e. The number of ether oxygens (including phenoxy) is 1. The summed E-state index contributed by atoms with van der Waals surface area (Å²) in [5.74, 6) is 0.652. The molecule has 1 aliphatic heterocycles. The first-order chi connectivity index (χ1) is 9.72. The Morgan fingerprint density at radius 3 is 2.90 bits per heavy atom. The van der Waals surface area contributed by atoms with Crippen molar-refractivity contribution >= 4 is 23.6 Å². The number of nitrogens with one attached hydrogen (secondary N) is 1. The van der Waals surface area contributed by atoms with E-state index in [1.165, 1.54) is 12.8 Å². The molecule has 2 aliphatic rings. The standard InChI is InChI=1S/C16H16ClNO2/c17-13-5-6-15-12(10-13)9-11(7-8-20-15)16(19)18-14-3-1-2-4-14/h5-10,14H,1-4H2,(H,18,19). The molecule has 1 amide bonds. The summed E-state index contributed by atoms with van der Waals surface area (Å²) in [5, 5.41) is 3.70. The summed E-state index contributed by atoms with van der Waals surface area (Å²) in [6.45, 7) is 0. The fourth-order valence-corrected chi connectivity index (χ4v) is 2.80. The summed E-state index contributed by atoms with van der Waals surface area (Å²) < 4.78 is 5.48. The van der Waals surface area contributed by atoms with Gasteiger partial charge in [0, 0.05) is 22.2 Å². The van der Waals surface area contributed by atoms with Gasteiger partial charge in [-0.3, -0.25) is 4.79 Å². The van der Waals surface area contributed by atoms with Gasteiger partial charge in [-0.05, 0) is 43.2 Å². The van der Waals surface area contributed by atoms with Gasteiger partial charge in [-0.2, -0.15) is 0 Å². The van der Waals surface area contributed by atoms with Crippen LogP contribution in [0, 0.1) is 0 Å². The van der Waals surface area contributed by atoms with Gasteiger partial charge in [0.1, 0.15) is 5.75 Å². The van der Waals surface area contributed by atoms with Gasteiger partial charge in [-0.1, -0.05) is 24.4 Å². The van der Waals surface area contributed by atoms with Gasteiger partial charge in [0.05, 0.1) is 6.26 Å². The quantitative estimate of drug-likeness (QED) is 0.902. The van der Waals surface area contributed by atoms with Crippen LogP contribution in [0.3, 0.4) is 0 Å². The van der Waals surface area contributed by atoms with Crippen molar-refractivity contribution in [2.75, 3.05) is 0 Å². The lowest BCUT2D eigenvalue weighted by Crippen LogP contribution is -2.33. The number of rotatable bonds is 2. The predicted molar refractivity (Wildman–Crippen MR) is 79.6 cm³/mol. The van der Waals surface area contributed by atoms with Gasteiger partial charge < -0.3 is 10.1 Å². The highest BCUT2D eigenvalue weighted by molar-refractivity contribution is 6.30. The topological polar surface area (TPSA) is 38.3 Å². The van der Waals surface area contributed by atoms with Crippen LogP contribution in [0.4, 0.5) is 0 Å². The van der Waals surface area contributed by atoms with Crippen molar-refractivity contribution in [1.82, 2.24) is 5.32 Å². The van der Waals surface area contributed by atoms with Gasteiger partial charge in [0.2, 0.25) is 0 Å². The highest BCUT2D eigenvalue weighted by atomic mass is 35.5. The zero-order valence-corrected chi connectivity index (χ0v) is 11.8. The first-order valence-electron chi connectivity index (χ1n) is 6.88. The Morgan fingerprint density at radius 1 is 1.30 bits per heavy atom. The molecule has 3 nitrogen and oxygen atoms in total. The van der Waals surface area contributed by atoms with Crippen LogP contribution in [0.1, 0.15) is 31.2 Å². The van der Waals surface area contributed by atoms with Crippen molar-refractivity contribution in [3.63, 3.8) is 0 Å². The van der Waals surface area contributed by atoms with Crippen LogP contribution in [-0.4, -0.2) is 11.9 Å². The van der Waals surface area contributed by atoms with Gasteiger partial charge >= 0.3 is 0 Å². The normalized spacial score (nSPS) is 17.9. The molecule has 1 saturated carbocycles. The molecule has 3 rings (SSSR count). The Bertz CT molecular complexity index is 586. The molecule has 1 aliphatic carbocycles. The van der Waals surface area contributed by atoms with Crippen molar-refractivity contribution < 1.29 is 9.53 Å². The van der Waals surface area contributed by atoms with Crippen LogP contribution in [0.2, 0.25) is 5.02 Å². The second kappa shape index (κ2) is 5.71. The van der Waals surface area contributed by atoms with Crippen LogP contribution in [-0.2, 0) is 4.79 Å². The number of hydrogen-bond acceptors (Lipinski definition) is 2. The van der Waals surface area contributed by atoms with Crippen LogP contribution < -0.4 is 10.1 Å². The summed E-state index contributed by atoms with van der Waals surface area (Å²) in [5.41, 5.74) is 1.41. The summed E-state index contributed by atoms with van der Waals surface area (Å²) in [4.78, 5) is 12.3. The van der Waals surface area contributed by atoms with Crippen molar-refractivity contribution in [2.45, 2.75) is 31.7 Å². The van der Waals surface area contributed by atoms with Crippen molar-refractivity contribution in [1.29, 1.82) is 0 Å². The van der Waals surface area contributed by atoms with Crippen molar-refractivity contribution in [2.24, 2.45) is 0 Å². The van der Waals surface area contributed by atoms with E-state index in [0.717, 1.165) is 18.4 Å². The SMILES string of the molecule is O=C(NC1CCCC1)C1=Cc2cc(Cl)ccc2OC=C1. The van der Waals surface area contributed by atoms with E-state index in [4.69, 9.17) is 16.3 Å². The molecule has 0 aromatic heterocycles. The van der Waals surface area contributed by atoms with Crippen molar-refractivity contribution in [3.8, 4) is 5.75 Å². The lowest BCUT2D eigenvalue weighted by atomic mass is 10.1. The van der Waals surface area contributed by atoms with E-state index in [1.807, 2.05) is 6.08 Å². The predicted octanol–water partition coefficient (Wildman–Crippen LogP) is 3.69. The monoisotopic (exact) mass is 289 g/mol. The second-order valence-electron chi connectivity index (χ2n) is 5.16. The third-order valence-corrected chi connectivity index (χ3v) is 3.91. The minimum absolute atomic E-state index is 0.0513. The van der Waals surface area contributed by atoms with E-state index >= 15 is 0 Å². The molecule has 0 radical (unpaired) electrons. The highest BCUT2D eigenvalue weighted by Crippen LogP contribution is 2.28. The van der Waals surface area contributed by atoms with Crippen molar-refractivity contribution in [3.05, 3.63) is 46.7 Å². The molecule has 1 aromatic rings. The number of hydrogen-bond donors (Lipinski definition) is 1. The van der Waals surface area contributed by atoms with Gasteiger partial charge in [-0.15, -0.1) is 0 Å². The molecule has 4 heteroatoms. The number of fused-ring (bicyclic) bond motifs is 1. The minimum atomic E-state index is -0.0513. The average Bonchev–Trinajstić information content (AvgIpc) is 2.83. The minimum Gasteiger partial charge on any atom is -0.464 e. The van der Waals surface area contributed by atoms with E-state index < -0.39 is 0 Å². The van der Waals surface area contributed by atoms with E-state index in [0.29, 0.717) is 22.4 Å². The van der Waals surface area contributed by atoms with Gasteiger partial charge in [0.15, 0.2) is 0 Å². The molecular formula is C16H16ClNO2. The summed E-state index contributed by atoms with van der Waals surface area (Å²) in [6.07, 6.45) is 9.58. The summed E-state index contributed by atoms with van der Waals surface area (Å²) in [6, 6.07) is 5.68. The van der Waals surface area contributed by atoms with Crippen LogP contribution in [0.5, 0.6) is 5.75 Å². The third kappa shape index (κ3) is 2.88. The third-order valence-electron chi connectivity index (χ3n) is 3.68. The van der Waals surface area contributed by atoms with Gasteiger partial charge in [0.25, 0.3) is 5.91 Å². The lowest BCUT2D eigenvalue weighted by molar-refractivity contribution is -0.117. The number of carbonyl (C=O) groups excluding carboxylic acids is 1. The number of amides is 1. The number of benzene rings is 1. The molecule has 1 fully saturated rings. The molecule has 104 valence electrons. The summed E-state index contributed by atoms with van der Waals surface area (Å²) >= 11 is 5.99. The maximum atomic E-state index is 12.3. The van der Waals surface area contributed by atoms with E-state index in [1.54, 1.807) is 30.5 Å². The fraction of sp³-hybridized carbons (Fsp3) is 0.312. The van der Waals surface area contributed by atoms with Crippen LogP contribution >= 0.6 is 11.6 Å². The molecule has 0 bridgehead atoms. The van der Waals surface area contributed by atoms with E-state index in [2.05, 4.69) is 5.32 Å². The average molecular weight is 290 g/mol. The molecule has 0 saturated heterocycles. The zero-order chi connectivity index (χ0) is 13.9. The van der Waals surface area contributed by atoms with Gasteiger partial charge in [-0.25, -0.2) is 0 Å². The Hall–Kier alpha value is -1.74. The molecule has 1 aromatic carbocycles. The van der Waals surface area contributed by atoms with Crippen LogP contribution in [0.15, 0.2) is 36.1 Å². The first-order valence-corrected chi connectivity index (χ1v) is 7.25. The Labute approximate surface area is 123 Å². The van der Waals surface area contributed by atoms with E-state index in [9.17, 15) is 4.79 Å². The first kappa shape index (κ1) is 13.3. The Balaban J connectivity index is 1.83. The molecule has 0 atom stereocenters. The smallest absolute Gasteiger partial charge is 0.251 e. The molecule has 20 heavy (non-hydrogen) atoms. The highest BCUT2D eigenvalue weighted by Gasteiger charge is 2.19. The van der Waals surface area contributed by atoms with E-state index in [-0.39, 0.29) is 5.91 Å². The second-order valence-corrected chi connectivity index (χ2v) is 5.59. The summed E-state index contributed by atoms with van der Waals surface area (Å²) in [7, 11) is 0. The molecule has 1 heterocycles. The largest absolute Gasteiger partial charge is 0.464 e. The fourth-order valence-electron chi connectivity index (χ4n) is 2.62. The van der Waals surface area contributed by atoms with Crippen LogP contribution in [0.25, 0.3) is 6.08 Å². The zero-order valence-electron chi connectivity index (χ0n) is 11.1.